The predicted octanol–water partition coefficient (Wildman–Crippen LogP) is 3.62. The van der Waals surface area contributed by atoms with E-state index in [-0.39, 0.29) is 30.7 Å². The Morgan fingerprint density at radius 1 is 1.17 bits per heavy atom. The van der Waals surface area contributed by atoms with Crippen LogP contribution in [0.1, 0.15) is 12.5 Å². The lowest BCUT2D eigenvalue weighted by atomic mass is 10.1. The standard InChI is InChI=1S/C18H18BrFN2O2/c1-13(23)22(10-9-14-5-2-3-8-17(14)20)12-18(24)21-16-7-4-6-15(19)11-16/h2-8,11H,9-10,12H2,1H3,(H,21,24). The molecule has 4 nitrogen and oxygen atoms in total. The molecule has 0 saturated carbocycles. The minimum atomic E-state index is -0.306. The van der Waals surface area contributed by atoms with E-state index in [4.69, 9.17) is 0 Å². The van der Waals surface area contributed by atoms with Crippen molar-refractivity contribution < 1.29 is 14.0 Å². The average Bonchev–Trinajstić information content (AvgIpc) is 2.52. The fourth-order valence-electron chi connectivity index (χ4n) is 2.24. The summed E-state index contributed by atoms with van der Waals surface area (Å²) in [5, 5.41) is 2.74. The van der Waals surface area contributed by atoms with Gasteiger partial charge in [-0.05, 0) is 36.2 Å². The third-order valence-electron chi connectivity index (χ3n) is 3.50. The molecule has 0 atom stereocenters. The third kappa shape index (κ3) is 5.45. The van der Waals surface area contributed by atoms with Crippen molar-refractivity contribution >= 4 is 33.4 Å². The molecule has 0 saturated heterocycles. The number of carbonyl (C=O) groups excluding carboxylic acids is 2. The van der Waals surface area contributed by atoms with Crippen LogP contribution in [0.3, 0.4) is 0 Å². The lowest BCUT2D eigenvalue weighted by Crippen LogP contribution is -2.38. The lowest BCUT2D eigenvalue weighted by molar-refractivity contribution is -0.132. The summed E-state index contributed by atoms with van der Waals surface area (Å²) in [4.78, 5) is 25.3. The van der Waals surface area contributed by atoms with E-state index in [1.54, 1.807) is 36.4 Å². The van der Waals surface area contributed by atoms with E-state index in [1.807, 2.05) is 6.07 Å². The molecule has 0 unspecified atom stereocenters. The molecule has 6 heteroatoms. The van der Waals surface area contributed by atoms with Gasteiger partial charge >= 0.3 is 0 Å². The molecule has 0 heterocycles. The molecule has 2 aromatic carbocycles. The van der Waals surface area contributed by atoms with Gasteiger partial charge in [0.25, 0.3) is 0 Å². The van der Waals surface area contributed by atoms with Crippen molar-refractivity contribution in [3.63, 3.8) is 0 Å². The summed E-state index contributed by atoms with van der Waals surface area (Å²) in [6.07, 6.45) is 0.358. The summed E-state index contributed by atoms with van der Waals surface area (Å²) in [7, 11) is 0. The minimum Gasteiger partial charge on any atom is -0.333 e. The molecule has 0 spiro atoms. The first kappa shape index (κ1) is 18.1. The van der Waals surface area contributed by atoms with Gasteiger partial charge in [0.2, 0.25) is 11.8 Å². The van der Waals surface area contributed by atoms with Crippen LogP contribution in [-0.4, -0.2) is 29.8 Å². The van der Waals surface area contributed by atoms with Gasteiger partial charge in [-0.2, -0.15) is 0 Å². The molecule has 0 radical (unpaired) electrons. The molecule has 24 heavy (non-hydrogen) atoms. The van der Waals surface area contributed by atoms with Crippen LogP contribution < -0.4 is 5.32 Å². The van der Waals surface area contributed by atoms with Crippen molar-refractivity contribution in [3.8, 4) is 0 Å². The highest BCUT2D eigenvalue weighted by molar-refractivity contribution is 9.10. The maximum Gasteiger partial charge on any atom is 0.243 e. The van der Waals surface area contributed by atoms with Crippen molar-refractivity contribution in [2.45, 2.75) is 13.3 Å². The molecule has 2 aromatic rings. The first-order valence-electron chi connectivity index (χ1n) is 7.50. The molecule has 2 amide bonds. The monoisotopic (exact) mass is 392 g/mol. The average molecular weight is 393 g/mol. The van der Waals surface area contributed by atoms with Crippen LogP contribution in [0.5, 0.6) is 0 Å². The van der Waals surface area contributed by atoms with Crippen molar-refractivity contribution in [1.82, 2.24) is 4.90 Å². The van der Waals surface area contributed by atoms with Gasteiger partial charge in [-0.15, -0.1) is 0 Å². The summed E-state index contributed by atoms with van der Waals surface area (Å²) < 4.78 is 14.5. The smallest absolute Gasteiger partial charge is 0.243 e. The molecule has 126 valence electrons. The van der Waals surface area contributed by atoms with E-state index in [0.29, 0.717) is 17.7 Å². The highest BCUT2D eigenvalue weighted by atomic mass is 79.9. The zero-order chi connectivity index (χ0) is 17.5. The summed E-state index contributed by atoms with van der Waals surface area (Å²) in [6.45, 7) is 1.60. The van der Waals surface area contributed by atoms with Crippen LogP contribution in [0.2, 0.25) is 0 Å². The van der Waals surface area contributed by atoms with Gasteiger partial charge in [0.15, 0.2) is 0 Å². The van der Waals surface area contributed by atoms with Crippen molar-refractivity contribution in [1.29, 1.82) is 0 Å². The number of hydrogen-bond donors (Lipinski definition) is 1. The molecule has 0 aromatic heterocycles. The largest absolute Gasteiger partial charge is 0.333 e. The molecule has 2 rings (SSSR count). The second kappa shape index (κ2) is 8.59. The Balaban J connectivity index is 1.94. The molecule has 0 fully saturated rings. The molecule has 0 aliphatic carbocycles. The minimum absolute atomic E-state index is 0.0731. The normalized spacial score (nSPS) is 10.3. The Hall–Kier alpha value is -2.21. The van der Waals surface area contributed by atoms with E-state index in [0.717, 1.165) is 4.47 Å². The number of amides is 2. The van der Waals surface area contributed by atoms with Crippen LogP contribution in [0, 0.1) is 5.82 Å². The maximum atomic E-state index is 13.6. The second-order valence-electron chi connectivity index (χ2n) is 5.34. The molecular formula is C18H18BrFN2O2. The fraction of sp³-hybridized carbons (Fsp3) is 0.222. The van der Waals surface area contributed by atoms with Crippen LogP contribution in [0.4, 0.5) is 10.1 Å². The van der Waals surface area contributed by atoms with Gasteiger partial charge in [0, 0.05) is 23.6 Å². The Morgan fingerprint density at radius 3 is 2.58 bits per heavy atom. The number of halogens is 2. The molecule has 0 aliphatic rings. The maximum absolute atomic E-state index is 13.6. The van der Waals surface area contributed by atoms with Gasteiger partial charge in [0.05, 0.1) is 6.54 Å². The SMILES string of the molecule is CC(=O)N(CCc1ccccc1F)CC(=O)Nc1cccc(Br)c1. The number of anilines is 1. The number of benzene rings is 2. The Morgan fingerprint density at radius 2 is 1.92 bits per heavy atom. The fourth-order valence-corrected chi connectivity index (χ4v) is 2.64. The van der Waals surface area contributed by atoms with E-state index in [2.05, 4.69) is 21.2 Å². The quantitative estimate of drug-likeness (QED) is 0.815. The molecular weight excluding hydrogens is 375 g/mol. The number of nitrogens with zero attached hydrogens (tertiary/aromatic N) is 1. The number of carbonyl (C=O) groups is 2. The van der Waals surface area contributed by atoms with E-state index >= 15 is 0 Å². The van der Waals surface area contributed by atoms with Crippen LogP contribution in [-0.2, 0) is 16.0 Å². The summed E-state index contributed by atoms with van der Waals surface area (Å²) in [5.74, 6) is -0.827. The van der Waals surface area contributed by atoms with Crippen molar-refractivity contribution in [2.75, 3.05) is 18.4 Å². The summed E-state index contributed by atoms with van der Waals surface area (Å²) in [6, 6.07) is 13.6. The topological polar surface area (TPSA) is 49.4 Å². The number of hydrogen-bond acceptors (Lipinski definition) is 2. The highest BCUT2D eigenvalue weighted by Crippen LogP contribution is 2.15. The highest BCUT2D eigenvalue weighted by Gasteiger charge is 2.14. The second-order valence-corrected chi connectivity index (χ2v) is 6.26. The lowest BCUT2D eigenvalue weighted by Gasteiger charge is -2.20. The Labute approximate surface area is 148 Å². The van der Waals surface area contributed by atoms with Gasteiger partial charge in [-0.3, -0.25) is 9.59 Å². The molecule has 1 N–H and O–H groups in total. The van der Waals surface area contributed by atoms with E-state index in [1.165, 1.54) is 17.9 Å². The van der Waals surface area contributed by atoms with Gasteiger partial charge in [0.1, 0.15) is 5.82 Å². The van der Waals surface area contributed by atoms with E-state index < -0.39 is 0 Å². The number of nitrogens with one attached hydrogen (secondary N) is 1. The van der Waals surface area contributed by atoms with Crippen molar-refractivity contribution in [2.24, 2.45) is 0 Å². The van der Waals surface area contributed by atoms with Crippen LogP contribution in [0.25, 0.3) is 0 Å². The third-order valence-corrected chi connectivity index (χ3v) is 3.99. The van der Waals surface area contributed by atoms with Crippen molar-refractivity contribution in [3.05, 3.63) is 64.4 Å². The zero-order valence-electron chi connectivity index (χ0n) is 13.3. The molecule has 0 bridgehead atoms. The van der Waals surface area contributed by atoms with Crippen LogP contribution >= 0.6 is 15.9 Å². The van der Waals surface area contributed by atoms with Gasteiger partial charge < -0.3 is 10.2 Å². The Bertz CT molecular complexity index is 736. The molecule has 0 aliphatic heterocycles. The van der Waals surface area contributed by atoms with Gasteiger partial charge in [-0.1, -0.05) is 40.2 Å². The van der Waals surface area contributed by atoms with E-state index in [9.17, 15) is 14.0 Å². The summed E-state index contributed by atoms with van der Waals surface area (Å²) in [5.41, 5.74) is 1.17. The summed E-state index contributed by atoms with van der Waals surface area (Å²) >= 11 is 3.33. The predicted molar refractivity (Wildman–Crippen MR) is 95.1 cm³/mol. The number of rotatable bonds is 6. The van der Waals surface area contributed by atoms with Gasteiger partial charge in [-0.25, -0.2) is 4.39 Å². The Kier molecular flexibility index (Phi) is 6.49. The first-order chi connectivity index (χ1) is 11.5. The zero-order valence-corrected chi connectivity index (χ0v) is 14.8. The van der Waals surface area contributed by atoms with Crippen LogP contribution in [0.15, 0.2) is 53.0 Å². The first-order valence-corrected chi connectivity index (χ1v) is 8.29.